The van der Waals surface area contributed by atoms with Gasteiger partial charge in [-0.05, 0) is 24.7 Å². The minimum Gasteiger partial charge on any atom is -0.374 e. The normalized spacial score (nSPS) is 9.62. The molecule has 13 heavy (non-hydrogen) atoms. The number of hydrogen-bond donors (Lipinski definition) is 1. The maximum absolute atomic E-state index is 8.82. The quantitative estimate of drug-likeness (QED) is 0.778. The third-order valence-electron chi connectivity index (χ3n) is 1.57. The van der Waals surface area contributed by atoms with Crippen LogP contribution in [-0.4, -0.2) is 22.9 Å². The predicted octanol–water partition coefficient (Wildman–Crippen LogP) is 2.10. The van der Waals surface area contributed by atoms with Crippen LogP contribution in [0.3, 0.4) is 0 Å². The first-order chi connectivity index (χ1) is 6.29. The van der Waals surface area contributed by atoms with E-state index in [-0.39, 0.29) is 0 Å². The molecule has 0 fully saturated rings. The van der Waals surface area contributed by atoms with Gasteiger partial charge in [-0.15, -0.1) is 0 Å². The molecule has 0 saturated carbocycles. The van der Waals surface area contributed by atoms with Crippen LogP contribution in [0.4, 0.5) is 5.00 Å². The zero-order valence-electron chi connectivity index (χ0n) is 7.63. The van der Waals surface area contributed by atoms with Crippen LogP contribution in [0.1, 0.15) is 11.3 Å². The lowest BCUT2D eigenvalue weighted by Gasteiger charge is -2.00. The van der Waals surface area contributed by atoms with Crippen molar-refractivity contribution in [1.82, 2.24) is 4.37 Å². The number of aryl methyl sites for hydroxylation is 1. The molecule has 0 radical (unpaired) electrons. The molecule has 3 nitrogen and oxygen atoms in total. The van der Waals surface area contributed by atoms with Gasteiger partial charge >= 0.3 is 0 Å². The Morgan fingerprint density at radius 2 is 2.46 bits per heavy atom. The van der Waals surface area contributed by atoms with E-state index in [1.807, 2.05) is 6.92 Å². The average molecular weight is 213 g/mol. The van der Waals surface area contributed by atoms with Gasteiger partial charge in [-0.1, -0.05) is 0 Å². The predicted molar refractivity (Wildman–Crippen MR) is 58.4 cm³/mol. The Morgan fingerprint density at radius 1 is 1.69 bits per heavy atom. The second-order valence-corrected chi connectivity index (χ2v) is 4.26. The van der Waals surface area contributed by atoms with E-state index >= 15 is 0 Å². The topological polar surface area (TPSA) is 48.7 Å². The summed E-state index contributed by atoms with van der Waals surface area (Å²) in [5.74, 6) is 1.04. The number of thioether (sulfide) groups is 1. The second kappa shape index (κ2) is 5.10. The minimum atomic E-state index is 0.686. The second-order valence-electron chi connectivity index (χ2n) is 2.50. The Morgan fingerprint density at radius 3 is 3.08 bits per heavy atom. The van der Waals surface area contributed by atoms with Crippen LogP contribution in [0, 0.1) is 18.3 Å². The molecule has 0 aliphatic rings. The number of hydrogen-bond acceptors (Lipinski definition) is 5. The summed E-state index contributed by atoms with van der Waals surface area (Å²) in [6, 6.07) is 2.15. The van der Waals surface area contributed by atoms with Crippen LogP contribution in [0.5, 0.6) is 0 Å². The third-order valence-corrected chi connectivity index (χ3v) is 3.07. The number of anilines is 1. The van der Waals surface area contributed by atoms with E-state index < -0.39 is 0 Å². The molecule has 0 bridgehead atoms. The van der Waals surface area contributed by atoms with Gasteiger partial charge in [-0.25, -0.2) is 0 Å². The fourth-order valence-corrected chi connectivity index (χ4v) is 1.97. The maximum Gasteiger partial charge on any atom is 0.127 e. The first-order valence-electron chi connectivity index (χ1n) is 3.88. The Kier molecular flexibility index (Phi) is 4.06. The molecule has 0 aromatic carbocycles. The molecule has 5 heteroatoms. The van der Waals surface area contributed by atoms with Crippen molar-refractivity contribution in [1.29, 1.82) is 5.26 Å². The fourth-order valence-electron chi connectivity index (χ4n) is 0.889. The summed E-state index contributed by atoms with van der Waals surface area (Å²) in [6.45, 7) is 2.74. The Balaban J connectivity index is 2.62. The molecule has 0 amide bonds. The van der Waals surface area contributed by atoms with Gasteiger partial charge < -0.3 is 5.32 Å². The smallest absolute Gasteiger partial charge is 0.127 e. The van der Waals surface area contributed by atoms with E-state index in [1.165, 1.54) is 11.5 Å². The third kappa shape index (κ3) is 2.61. The summed E-state index contributed by atoms with van der Waals surface area (Å²) in [7, 11) is 0. The van der Waals surface area contributed by atoms with Gasteiger partial charge in [-0.3, -0.25) is 0 Å². The molecule has 0 atom stereocenters. The molecule has 0 spiro atoms. The van der Waals surface area contributed by atoms with Crippen LogP contribution in [0.25, 0.3) is 0 Å². The monoisotopic (exact) mass is 213 g/mol. The molecule has 1 heterocycles. The summed E-state index contributed by atoms with van der Waals surface area (Å²) in [5, 5.41) is 12.9. The van der Waals surface area contributed by atoms with Crippen molar-refractivity contribution in [3.8, 4) is 6.07 Å². The van der Waals surface area contributed by atoms with E-state index in [4.69, 9.17) is 5.26 Å². The average Bonchev–Trinajstić information content (AvgIpc) is 2.47. The molecular weight excluding hydrogens is 202 g/mol. The summed E-state index contributed by atoms with van der Waals surface area (Å²) in [5.41, 5.74) is 1.50. The van der Waals surface area contributed by atoms with E-state index in [0.717, 1.165) is 23.0 Å². The lowest BCUT2D eigenvalue weighted by molar-refractivity contribution is 1.23. The summed E-state index contributed by atoms with van der Waals surface area (Å²) in [6.07, 6.45) is 2.06. The van der Waals surface area contributed by atoms with Crippen molar-refractivity contribution < 1.29 is 0 Å². The molecule has 0 aliphatic carbocycles. The molecule has 1 N–H and O–H groups in total. The van der Waals surface area contributed by atoms with Crippen molar-refractivity contribution in [2.45, 2.75) is 6.92 Å². The highest BCUT2D eigenvalue weighted by atomic mass is 32.2. The van der Waals surface area contributed by atoms with Crippen LogP contribution in [0.15, 0.2) is 0 Å². The molecule has 1 aromatic heterocycles. The van der Waals surface area contributed by atoms with Crippen LogP contribution >= 0.6 is 23.3 Å². The van der Waals surface area contributed by atoms with Crippen LogP contribution < -0.4 is 5.32 Å². The molecule has 70 valence electrons. The summed E-state index contributed by atoms with van der Waals surface area (Å²) in [4.78, 5) is 0. The summed E-state index contributed by atoms with van der Waals surface area (Å²) >= 11 is 3.14. The van der Waals surface area contributed by atoms with E-state index in [9.17, 15) is 0 Å². The first kappa shape index (κ1) is 10.4. The summed E-state index contributed by atoms with van der Waals surface area (Å²) < 4.78 is 4.12. The Bertz CT molecular complexity index is 314. The van der Waals surface area contributed by atoms with Gasteiger partial charge in [0.1, 0.15) is 16.6 Å². The van der Waals surface area contributed by atoms with Crippen molar-refractivity contribution in [3.63, 3.8) is 0 Å². The lowest BCUT2D eigenvalue weighted by atomic mass is 10.3. The molecular formula is C8H11N3S2. The van der Waals surface area contributed by atoms with E-state index in [0.29, 0.717) is 5.56 Å². The van der Waals surface area contributed by atoms with Gasteiger partial charge in [0.2, 0.25) is 0 Å². The highest BCUT2D eigenvalue weighted by Crippen LogP contribution is 2.22. The zero-order chi connectivity index (χ0) is 9.68. The number of aromatic nitrogens is 1. The molecule has 1 aromatic rings. The SMILES string of the molecule is CSCCNc1snc(C)c1C#N. The number of nitrogens with one attached hydrogen (secondary N) is 1. The van der Waals surface area contributed by atoms with Crippen LogP contribution in [-0.2, 0) is 0 Å². The number of nitriles is 1. The maximum atomic E-state index is 8.82. The number of rotatable bonds is 4. The highest BCUT2D eigenvalue weighted by molar-refractivity contribution is 7.98. The molecule has 0 saturated heterocycles. The van der Waals surface area contributed by atoms with Crippen molar-refractivity contribution in [3.05, 3.63) is 11.3 Å². The fraction of sp³-hybridized carbons (Fsp3) is 0.500. The van der Waals surface area contributed by atoms with Crippen molar-refractivity contribution >= 4 is 28.3 Å². The van der Waals surface area contributed by atoms with Gasteiger partial charge in [0.25, 0.3) is 0 Å². The minimum absolute atomic E-state index is 0.686. The van der Waals surface area contributed by atoms with Gasteiger partial charge in [0.15, 0.2) is 0 Å². The molecule has 1 rings (SSSR count). The Labute approximate surface area is 86.3 Å². The van der Waals surface area contributed by atoms with Gasteiger partial charge in [-0.2, -0.15) is 21.4 Å². The molecule has 0 aliphatic heterocycles. The first-order valence-corrected chi connectivity index (χ1v) is 6.05. The van der Waals surface area contributed by atoms with E-state index in [1.54, 1.807) is 11.8 Å². The lowest BCUT2D eigenvalue weighted by Crippen LogP contribution is -2.03. The molecule has 0 unspecified atom stereocenters. The number of nitrogens with zero attached hydrogens (tertiary/aromatic N) is 2. The van der Waals surface area contributed by atoms with Crippen LogP contribution in [0.2, 0.25) is 0 Å². The van der Waals surface area contributed by atoms with E-state index in [2.05, 4.69) is 22.0 Å². The standard InChI is InChI=1S/C8H11N3S2/c1-6-7(5-9)8(13-11-6)10-3-4-12-2/h10H,3-4H2,1-2H3. The highest BCUT2D eigenvalue weighted by Gasteiger charge is 2.08. The largest absolute Gasteiger partial charge is 0.374 e. The Hall–Kier alpha value is -0.730. The van der Waals surface area contributed by atoms with Gasteiger partial charge in [0, 0.05) is 12.3 Å². The van der Waals surface area contributed by atoms with Gasteiger partial charge in [0.05, 0.1) is 5.69 Å². The van der Waals surface area contributed by atoms with Crippen molar-refractivity contribution in [2.75, 3.05) is 23.9 Å². The van der Waals surface area contributed by atoms with Crippen molar-refractivity contribution in [2.24, 2.45) is 0 Å². The zero-order valence-corrected chi connectivity index (χ0v) is 9.26.